The Hall–Kier alpha value is -2.51. The first-order chi connectivity index (χ1) is 13.4. The fraction of sp³-hybridized carbons (Fsp3) is 0.250. The Morgan fingerprint density at radius 2 is 1.93 bits per heavy atom. The highest BCUT2D eigenvalue weighted by atomic mass is 35.5. The van der Waals surface area contributed by atoms with Gasteiger partial charge in [-0.3, -0.25) is 4.79 Å². The Kier molecular flexibility index (Phi) is 6.59. The molecule has 1 unspecified atom stereocenters. The average Bonchev–Trinajstić information content (AvgIpc) is 3.03. The second kappa shape index (κ2) is 9.12. The molecule has 1 aromatic heterocycles. The molecule has 0 aliphatic rings. The van der Waals surface area contributed by atoms with Crippen molar-refractivity contribution in [3.8, 4) is 5.75 Å². The predicted molar refractivity (Wildman–Crippen MR) is 112 cm³/mol. The number of hydrogen-bond acceptors (Lipinski definition) is 5. The van der Waals surface area contributed by atoms with Gasteiger partial charge in [-0.25, -0.2) is 0 Å². The summed E-state index contributed by atoms with van der Waals surface area (Å²) in [6, 6.07) is 14.8. The molecule has 8 heteroatoms. The van der Waals surface area contributed by atoms with Crippen LogP contribution in [0.4, 0.5) is 5.69 Å². The van der Waals surface area contributed by atoms with E-state index in [0.29, 0.717) is 21.8 Å². The van der Waals surface area contributed by atoms with Crippen LogP contribution < -0.4 is 10.1 Å². The zero-order valence-electron chi connectivity index (χ0n) is 15.8. The van der Waals surface area contributed by atoms with Crippen LogP contribution in [0.15, 0.2) is 53.7 Å². The molecule has 0 fully saturated rings. The lowest BCUT2D eigenvalue weighted by atomic mass is 10.2. The van der Waals surface area contributed by atoms with Gasteiger partial charge in [0.15, 0.2) is 11.0 Å². The zero-order chi connectivity index (χ0) is 20.1. The number of para-hydroxylation sites is 1. The number of aryl methyl sites for hydroxylation is 1. The minimum atomic E-state index is -0.326. The molecule has 1 atom stereocenters. The summed E-state index contributed by atoms with van der Waals surface area (Å²) in [7, 11) is 1.86. The van der Waals surface area contributed by atoms with Gasteiger partial charge < -0.3 is 14.6 Å². The van der Waals surface area contributed by atoms with E-state index < -0.39 is 0 Å². The van der Waals surface area contributed by atoms with Gasteiger partial charge in [-0.15, -0.1) is 10.2 Å². The van der Waals surface area contributed by atoms with Gasteiger partial charge in [0.05, 0.1) is 5.25 Å². The number of carbonyl (C=O) groups is 1. The van der Waals surface area contributed by atoms with Gasteiger partial charge in [-0.1, -0.05) is 41.6 Å². The van der Waals surface area contributed by atoms with Crippen molar-refractivity contribution >= 4 is 35.0 Å². The van der Waals surface area contributed by atoms with Crippen LogP contribution in [0, 0.1) is 6.92 Å². The van der Waals surface area contributed by atoms with E-state index >= 15 is 0 Å². The maximum atomic E-state index is 12.5. The van der Waals surface area contributed by atoms with Crippen LogP contribution in [0.5, 0.6) is 5.75 Å². The Bertz CT molecular complexity index is 959. The molecule has 0 saturated carbocycles. The number of aromatic nitrogens is 3. The van der Waals surface area contributed by atoms with Crippen LogP contribution in [0.2, 0.25) is 5.02 Å². The number of carbonyl (C=O) groups excluding carboxylic acids is 1. The maximum absolute atomic E-state index is 12.5. The van der Waals surface area contributed by atoms with Crippen molar-refractivity contribution in [1.82, 2.24) is 14.8 Å². The second-order valence-electron chi connectivity index (χ2n) is 6.26. The van der Waals surface area contributed by atoms with Crippen LogP contribution in [-0.2, 0) is 18.4 Å². The molecule has 0 saturated heterocycles. The highest BCUT2D eigenvalue weighted by Crippen LogP contribution is 2.24. The minimum absolute atomic E-state index is 0.0822. The Balaban J connectivity index is 1.59. The fourth-order valence-corrected chi connectivity index (χ4v) is 3.37. The molecule has 0 aliphatic heterocycles. The predicted octanol–water partition coefficient (Wildman–Crippen LogP) is 4.48. The first-order valence-electron chi connectivity index (χ1n) is 8.74. The molecule has 146 valence electrons. The number of hydrogen-bond donors (Lipinski definition) is 1. The number of rotatable bonds is 7. The van der Waals surface area contributed by atoms with E-state index in [0.717, 1.165) is 11.3 Å². The summed E-state index contributed by atoms with van der Waals surface area (Å²) in [5.41, 5.74) is 1.84. The lowest BCUT2D eigenvalue weighted by Crippen LogP contribution is -2.23. The van der Waals surface area contributed by atoms with Crippen molar-refractivity contribution in [2.75, 3.05) is 5.32 Å². The van der Waals surface area contributed by atoms with Crippen LogP contribution in [0.1, 0.15) is 18.3 Å². The van der Waals surface area contributed by atoms with Crippen molar-refractivity contribution in [3.05, 3.63) is 64.9 Å². The molecule has 28 heavy (non-hydrogen) atoms. The third-order valence-electron chi connectivity index (χ3n) is 4.16. The molecule has 3 rings (SSSR count). The molecule has 3 aromatic rings. The molecule has 0 aliphatic carbocycles. The zero-order valence-corrected chi connectivity index (χ0v) is 17.4. The number of ether oxygens (including phenoxy) is 1. The fourth-order valence-electron chi connectivity index (χ4n) is 2.41. The first kappa shape index (κ1) is 20.2. The van der Waals surface area contributed by atoms with Crippen molar-refractivity contribution in [3.63, 3.8) is 0 Å². The summed E-state index contributed by atoms with van der Waals surface area (Å²) in [6.45, 7) is 4.08. The minimum Gasteiger partial charge on any atom is -0.486 e. The third-order valence-corrected chi connectivity index (χ3v) is 5.55. The number of halogens is 1. The monoisotopic (exact) mass is 416 g/mol. The van der Waals surface area contributed by atoms with Crippen molar-refractivity contribution in [2.24, 2.45) is 7.05 Å². The van der Waals surface area contributed by atoms with E-state index in [4.69, 9.17) is 16.3 Å². The topological polar surface area (TPSA) is 69.0 Å². The van der Waals surface area contributed by atoms with E-state index in [9.17, 15) is 4.79 Å². The first-order valence-corrected chi connectivity index (χ1v) is 9.99. The lowest BCUT2D eigenvalue weighted by Gasteiger charge is -2.13. The van der Waals surface area contributed by atoms with Crippen LogP contribution >= 0.6 is 23.4 Å². The highest BCUT2D eigenvalue weighted by molar-refractivity contribution is 8.00. The molecule has 0 bridgehead atoms. The molecule has 6 nitrogen and oxygen atoms in total. The molecule has 1 heterocycles. The number of amides is 1. The van der Waals surface area contributed by atoms with Gasteiger partial charge in [0.25, 0.3) is 0 Å². The maximum Gasteiger partial charge on any atom is 0.237 e. The SMILES string of the molecule is Cc1ccccc1NC(=O)C(C)Sc1nnc(COc2ccc(Cl)cc2)n1C. The molecular formula is C20H21ClN4O2S. The van der Waals surface area contributed by atoms with Crippen LogP contribution in [-0.4, -0.2) is 25.9 Å². The van der Waals surface area contributed by atoms with E-state index in [-0.39, 0.29) is 17.8 Å². The number of anilines is 1. The van der Waals surface area contributed by atoms with Crippen LogP contribution in [0.25, 0.3) is 0 Å². The molecular weight excluding hydrogens is 396 g/mol. The summed E-state index contributed by atoms with van der Waals surface area (Å²) < 4.78 is 7.55. The molecule has 1 amide bonds. The summed E-state index contributed by atoms with van der Waals surface area (Å²) in [6.07, 6.45) is 0. The number of thioether (sulfide) groups is 1. The van der Waals surface area contributed by atoms with E-state index in [1.54, 1.807) is 24.3 Å². The van der Waals surface area contributed by atoms with Gasteiger partial charge in [0.1, 0.15) is 12.4 Å². The Morgan fingerprint density at radius 3 is 2.64 bits per heavy atom. The number of nitrogens with zero attached hydrogens (tertiary/aromatic N) is 3. The van der Waals surface area contributed by atoms with E-state index in [1.807, 2.05) is 49.7 Å². The molecule has 2 aromatic carbocycles. The summed E-state index contributed by atoms with van der Waals surface area (Å²) in [5, 5.41) is 12.3. The van der Waals surface area contributed by atoms with Crippen molar-refractivity contribution < 1.29 is 9.53 Å². The number of benzene rings is 2. The van der Waals surface area contributed by atoms with Crippen molar-refractivity contribution in [1.29, 1.82) is 0 Å². The Labute approximate surface area is 173 Å². The quantitative estimate of drug-likeness (QED) is 0.575. The lowest BCUT2D eigenvalue weighted by molar-refractivity contribution is -0.115. The number of nitrogens with one attached hydrogen (secondary N) is 1. The Morgan fingerprint density at radius 1 is 1.21 bits per heavy atom. The largest absolute Gasteiger partial charge is 0.486 e. The molecule has 0 radical (unpaired) electrons. The normalized spacial score (nSPS) is 11.9. The van der Waals surface area contributed by atoms with Gasteiger partial charge in [-0.2, -0.15) is 0 Å². The van der Waals surface area contributed by atoms with Gasteiger partial charge >= 0.3 is 0 Å². The van der Waals surface area contributed by atoms with Gasteiger partial charge in [-0.05, 0) is 49.7 Å². The third kappa shape index (κ3) is 5.05. The van der Waals surface area contributed by atoms with E-state index in [2.05, 4.69) is 15.5 Å². The van der Waals surface area contributed by atoms with Gasteiger partial charge in [0.2, 0.25) is 5.91 Å². The molecule has 1 N–H and O–H groups in total. The van der Waals surface area contributed by atoms with E-state index in [1.165, 1.54) is 11.8 Å². The standard InChI is InChI=1S/C20H21ClN4O2S/c1-13-6-4-5-7-17(13)22-19(26)14(2)28-20-24-23-18(25(20)3)12-27-16-10-8-15(21)9-11-16/h4-11,14H,12H2,1-3H3,(H,22,26). The summed E-state index contributed by atoms with van der Waals surface area (Å²) >= 11 is 7.23. The smallest absolute Gasteiger partial charge is 0.237 e. The average molecular weight is 417 g/mol. The highest BCUT2D eigenvalue weighted by Gasteiger charge is 2.19. The van der Waals surface area contributed by atoms with Gasteiger partial charge in [0, 0.05) is 17.8 Å². The summed E-state index contributed by atoms with van der Waals surface area (Å²) in [5.74, 6) is 1.29. The van der Waals surface area contributed by atoms with Crippen molar-refractivity contribution in [2.45, 2.75) is 30.9 Å². The van der Waals surface area contributed by atoms with Crippen LogP contribution in [0.3, 0.4) is 0 Å². The second-order valence-corrected chi connectivity index (χ2v) is 8.01. The molecule has 0 spiro atoms. The summed E-state index contributed by atoms with van der Waals surface area (Å²) in [4.78, 5) is 12.5.